The Hall–Kier alpha value is -2.89. The van der Waals surface area contributed by atoms with Crippen molar-refractivity contribution in [1.29, 1.82) is 0 Å². The van der Waals surface area contributed by atoms with Crippen molar-refractivity contribution >= 4 is 17.8 Å². The Morgan fingerprint density at radius 3 is 2.50 bits per heavy atom. The van der Waals surface area contributed by atoms with E-state index >= 15 is 0 Å². The second-order valence-electron chi connectivity index (χ2n) is 6.36. The molecule has 2 heterocycles. The van der Waals surface area contributed by atoms with Gasteiger partial charge in [0.1, 0.15) is 0 Å². The first-order valence-electron chi connectivity index (χ1n) is 7.93. The monoisotopic (exact) mass is 323 g/mol. The van der Waals surface area contributed by atoms with Gasteiger partial charge in [-0.25, -0.2) is 4.79 Å². The number of benzene rings is 1. The molecule has 0 saturated carbocycles. The number of hydrogen-bond donors (Lipinski definition) is 2. The average Bonchev–Trinajstić information content (AvgIpc) is 3.06. The SMILES string of the molecule is O=C1NC(=O)C(CN2CC3C=CC=CC3C2=O)(c2ccccc2)N1. The summed E-state index contributed by atoms with van der Waals surface area (Å²) in [4.78, 5) is 38.7. The molecule has 0 aromatic heterocycles. The van der Waals surface area contributed by atoms with Crippen molar-refractivity contribution in [1.82, 2.24) is 15.5 Å². The van der Waals surface area contributed by atoms with Gasteiger partial charge in [0, 0.05) is 12.5 Å². The molecule has 1 aromatic rings. The van der Waals surface area contributed by atoms with Gasteiger partial charge in [-0.15, -0.1) is 0 Å². The molecule has 4 rings (SSSR count). The van der Waals surface area contributed by atoms with Crippen LogP contribution in [-0.2, 0) is 15.1 Å². The largest absolute Gasteiger partial charge is 0.338 e. The number of allylic oxidation sites excluding steroid dienone is 2. The molecular formula is C18H17N3O3. The Bertz CT molecular complexity index is 771. The minimum absolute atomic E-state index is 0.00939. The molecule has 1 aliphatic carbocycles. The van der Waals surface area contributed by atoms with Crippen LogP contribution in [0, 0.1) is 11.8 Å². The third-order valence-electron chi connectivity index (χ3n) is 4.91. The maximum absolute atomic E-state index is 12.7. The van der Waals surface area contributed by atoms with Gasteiger partial charge in [-0.3, -0.25) is 14.9 Å². The number of imide groups is 1. The lowest BCUT2D eigenvalue weighted by Gasteiger charge is -2.31. The topological polar surface area (TPSA) is 78.5 Å². The number of likely N-dealkylation sites (tertiary alicyclic amines) is 1. The molecule has 2 fully saturated rings. The third-order valence-corrected chi connectivity index (χ3v) is 4.91. The van der Waals surface area contributed by atoms with Gasteiger partial charge in [-0.2, -0.15) is 0 Å². The van der Waals surface area contributed by atoms with Gasteiger partial charge in [-0.1, -0.05) is 54.6 Å². The fraction of sp³-hybridized carbons (Fsp3) is 0.278. The first-order chi connectivity index (χ1) is 11.6. The van der Waals surface area contributed by atoms with Crippen LogP contribution in [0.5, 0.6) is 0 Å². The molecule has 3 atom stereocenters. The maximum atomic E-state index is 12.7. The van der Waals surface area contributed by atoms with E-state index < -0.39 is 17.5 Å². The molecule has 24 heavy (non-hydrogen) atoms. The summed E-state index contributed by atoms with van der Waals surface area (Å²) in [6, 6.07) is 8.51. The van der Waals surface area contributed by atoms with Crippen molar-refractivity contribution in [2.45, 2.75) is 5.54 Å². The van der Waals surface area contributed by atoms with Crippen LogP contribution < -0.4 is 10.6 Å². The molecule has 0 spiro atoms. The van der Waals surface area contributed by atoms with Crippen LogP contribution in [-0.4, -0.2) is 35.8 Å². The molecule has 3 aliphatic rings. The number of carbonyl (C=O) groups is 3. The van der Waals surface area contributed by atoms with Crippen molar-refractivity contribution in [3.05, 3.63) is 60.2 Å². The molecule has 3 unspecified atom stereocenters. The summed E-state index contributed by atoms with van der Waals surface area (Å²) in [5, 5.41) is 5.04. The predicted molar refractivity (Wildman–Crippen MR) is 86.6 cm³/mol. The van der Waals surface area contributed by atoms with E-state index in [1.807, 2.05) is 42.5 Å². The average molecular weight is 323 g/mol. The number of nitrogens with zero attached hydrogens (tertiary/aromatic N) is 1. The Kier molecular flexibility index (Phi) is 3.26. The molecule has 6 nitrogen and oxygen atoms in total. The van der Waals surface area contributed by atoms with Gasteiger partial charge in [0.05, 0.1) is 12.5 Å². The van der Waals surface area contributed by atoms with E-state index in [0.29, 0.717) is 12.1 Å². The molecule has 2 saturated heterocycles. The zero-order chi connectivity index (χ0) is 16.7. The fourth-order valence-electron chi connectivity index (χ4n) is 3.70. The summed E-state index contributed by atoms with van der Waals surface area (Å²) in [5.41, 5.74) is -0.573. The number of nitrogens with one attached hydrogen (secondary N) is 2. The lowest BCUT2D eigenvalue weighted by molar-refractivity contribution is -0.132. The van der Waals surface area contributed by atoms with Crippen molar-refractivity contribution in [2.75, 3.05) is 13.1 Å². The molecule has 1 aromatic carbocycles. The van der Waals surface area contributed by atoms with E-state index in [0.717, 1.165) is 0 Å². The molecule has 2 N–H and O–H groups in total. The second kappa shape index (κ2) is 5.33. The molecule has 4 amide bonds. The van der Waals surface area contributed by atoms with Crippen LogP contribution in [0.25, 0.3) is 0 Å². The van der Waals surface area contributed by atoms with E-state index in [1.54, 1.807) is 17.0 Å². The Labute approximate surface area is 139 Å². The Morgan fingerprint density at radius 1 is 1.08 bits per heavy atom. The number of rotatable bonds is 3. The smallest absolute Gasteiger partial charge is 0.322 e. The summed E-state index contributed by atoms with van der Waals surface area (Å²) < 4.78 is 0. The lowest BCUT2D eigenvalue weighted by atomic mass is 9.89. The highest BCUT2D eigenvalue weighted by Gasteiger charge is 2.51. The van der Waals surface area contributed by atoms with E-state index in [2.05, 4.69) is 10.6 Å². The van der Waals surface area contributed by atoms with Crippen LogP contribution in [0.15, 0.2) is 54.6 Å². The number of urea groups is 1. The van der Waals surface area contributed by atoms with Crippen molar-refractivity contribution < 1.29 is 14.4 Å². The van der Waals surface area contributed by atoms with Crippen LogP contribution in [0.1, 0.15) is 5.56 Å². The van der Waals surface area contributed by atoms with E-state index in [4.69, 9.17) is 0 Å². The molecule has 2 aliphatic heterocycles. The summed E-state index contributed by atoms with van der Waals surface area (Å²) >= 11 is 0. The van der Waals surface area contributed by atoms with Crippen LogP contribution in [0.4, 0.5) is 4.79 Å². The van der Waals surface area contributed by atoms with Gasteiger partial charge in [0.25, 0.3) is 5.91 Å². The van der Waals surface area contributed by atoms with Crippen LogP contribution in [0.2, 0.25) is 0 Å². The Morgan fingerprint density at radius 2 is 1.83 bits per heavy atom. The molecule has 0 radical (unpaired) electrons. The van der Waals surface area contributed by atoms with Gasteiger partial charge in [0.2, 0.25) is 5.91 Å². The zero-order valence-electron chi connectivity index (χ0n) is 12.9. The summed E-state index contributed by atoms with van der Waals surface area (Å²) in [7, 11) is 0. The minimum Gasteiger partial charge on any atom is -0.338 e. The quantitative estimate of drug-likeness (QED) is 0.812. The van der Waals surface area contributed by atoms with Crippen LogP contribution in [0.3, 0.4) is 0 Å². The van der Waals surface area contributed by atoms with Crippen LogP contribution >= 0.6 is 0 Å². The lowest BCUT2D eigenvalue weighted by Crippen LogP contribution is -2.53. The minimum atomic E-state index is -1.24. The number of amides is 4. The predicted octanol–water partition coefficient (Wildman–Crippen LogP) is 0.922. The number of hydrogen-bond acceptors (Lipinski definition) is 3. The highest BCUT2D eigenvalue weighted by atomic mass is 16.2. The van der Waals surface area contributed by atoms with Gasteiger partial charge < -0.3 is 10.2 Å². The standard InChI is InChI=1S/C18H17N3O3/c22-15-14-9-5-4-6-12(14)10-21(15)11-18(13-7-2-1-3-8-13)16(23)19-17(24)20-18/h1-9,12,14H,10-11H2,(H2,19,20,23,24). The summed E-state index contributed by atoms with van der Waals surface area (Å²) in [5.74, 6) is -0.490. The van der Waals surface area contributed by atoms with Gasteiger partial charge in [0.15, 0.2) is 5.54 Å². The third kappa shape index (κ3) is 2.14. The van der Waals surface area contributed by atoms with E-state index in [9.17, 15) is 14.4 Å². The van der Waals surface area contributed by atoms with Crippen molar-refractivity contribution in [3.63, 3.8) is 0 Å². The molecule has 122 valence electrons. The maximum Gasteiger partial charge on any atom is 0.322 e. The fourth-order valence-corrected chi connectivity index (χ4v) is 3.70. The van der Waals surface area contributed by atoms with Gasteiger partial charge >= 0.3 is 6.03 Å². The van der Waals surface area contributed by atoms with Crippen molar-refractivity contribution in [2.24, 2.45) is 11.8 Å². The molecular weight excluding hydrogens is 306 g/mol. The normalized spacial score (nSPS) is 31.2. The first-order valence-corrected chi connectivity index (χ1v) is 7.93. The number of fused-ring (bicyclic) bond motifs is 1. The summed E-state index contributed by atoms with van der Waals surface area (Å²) in [6.07, 6.45) is 7.73. The van der Waals surface area contributed by atoms with Gasteiger partial charge in [-0.05, 0) is 5.56 Å². The zero-order valence-corrected chi connectivity index (χ0v) is 12.9. The number of carbonyl (C=O) groups excluding carboxylic acids is 3. The van der Waals surface area contributed by atoms with E-state index in [1.165, 1.54) is 0 Å². The molecule has 0 bridgehead atoms. The first kappa shape index (κ1) is 14.7. The second-order valence-corrected chi connectivity index (χ2v) is 6.36. The molecule has 6 heteroatoms. The van der Waals surface area contributed by atoms with Crippen molar-refractivity contribution in [3.8, 4) is 0 Å². The summed E-state index contributed by atoms with van der Waals surface area (Å²) in [6.45, 7) is 0.671. The Balaban J connectivity index is 1.68. The van der Waals surface area contributed by atoms with E-state index in [-0.39, 0.29) is 24.3 Å². The highest BCUT2D eigenvalue weighted by molar-refractivity contribution is 6.08. The highest BCUT2D eigenvalue weighted by Crippen LogP contribution is 2.33.